The second kappa shape index (κ2) is 5.09. The Balaban J connectivity index is 2.56. The molecule has 0 N–H and O–H groups in total. The van der Waals surface area contributed by atoms with E-state index in [2.05, 4.69) is 24.9 Å². The summed E-state index contributed by atoms with van der Waals surface area (Å²) in [6.07, 6.45) is 3.58. The molecule has 2 aromatic rings. The first kappa shape index (κ1) is 11.8. The van der Waals surface area contributed by atoms with Gasteiger partial charge < -0.3 is 0 Å². The Morgan fingerprint density at radius 3 is 2.47 bits per heavy atom. The molecule has 0 aliphatic heterocycles. The number of hydrogen-bond acceptors (Lipinski definition) is 1. The second-order valence-corrected chi connectivity index (χ2v) is 4.02. The summed E-state index contributed by atoms with van der Waals surface area (Å²) in [5.74, 6) is -0.187. The van der Waals surface area contributed by atoms with Crippen molar-refractivity contribution in [3.63, 3.8) is 0 Å². The van der Waals surface area contributed by atoms with Crippen molar-refractivity contribution < 1.29 is 4.39 Å². The van der Waals surface area contributed by atoms with Crippen molar-refractivity contribution >= 4 is 0 Å². The van der Waals surface area contributed by atoms with Crippen LogP contribution in [0.4, 0.5) is 4.39 Å². The van der Waals surface area contributed by atoms with E-state index in [9.17, 15) is 4.39 Å². The molecule has 0 spiro atoms. The van der Waals surface area contributed by atoms with Gasteiger partial charge in [0.1, 0.15) is 5.82 Å². The molecular weight excluding hydrogens is 213 g/mol. The highest BCUT2D eigenvalue weighted by molar-refractivity contribution is 5.67. The largest absolute Gasteiger partial charge is 0.261 e. The Bertz CT molecular complexity index is 520. The van der Waals surface area contributed by atoms with Crippen LogP contribution in [0.2, 0.25) is 0 Å². The molecule has 0 amide bonds. The molecule has 0 radical (unpaired) electrons. The van der Waals surface area contributed by atoms with Crippen LogP contribution in [0.3, 0.4) is 0 Å². The summed E-state index contributed by atoms with van der Waals surface area (Å²) in [5, 5.41) is 0. The fraction of sp³-hybridized carbons (Fsp3) is 0.267. The molecule has 0 bridgehead atoms. The minimum Gasteiger partial charge on any atom is -0.261 e. The van der Waals surface area contributed by atoms with Crippen LogP contribution in [0.5, 0.6) is 0 Å². The highest BCUT2D eigenvalue weighted by Gasteiger charge is 2.09. The van der Waals surface area contributed by atoms with Crippen LogP contribution in [0, 0.1) is 5.82 Å². The van der Waals surface area contributed by atoms with Crippen molar-refractivity contribution in [1.29, 1.82) is 0 Å². The number of benzene rings is 1. The summed E-state index contributed by atoms with van der Waals surface area (Å²) in [7, 11) is 0. The molecule has 2 rings (SSSR count). The van der Waals surface area contributed by atoms with Gasteiger partial charge >= 0.3 is 0 Å². The fourth-order valence-corrected chi connectivity index (χ4v) is 1.95. The number of rotatable bonds is 3. The molecule has 1 heterocycles. The van der Waals surface area contributed by atoms with Gasteiger partial charge in [0.15, 0.2) is 0 Å². The molecule has 0 aliphatic rings. The van der Waals surface area contributed by atoms with Gasteiger partial charge in [-0.15, -0.1) is 0 Å². The van der Waals surface area contributed by atoms with Crippen LogP contribution in [-0.4, -0.2) is 4.98 Å². The maximum Gasteiger partial charge on any atom is 0.131 e. The lowest BCUT2D eigenvalue weighted by molar-refractivity contribution is 0.631. The monoisotopic (exact) mass is 229 g/mol. The van der Waals surface area contributed by atoms with Gasteiger partial charge in [-0.3, -0.25) is 4.98 Å². The molecule has 0 unspecified atom stereocenters. The van der Waals surface area contributed by atoms with E-state index in [1.54, 1.807) is 18.3 Å². The maximum absolute atomic E-state index is 13.7. The molecule has 1 aromatic heterocycles. The van der Waals surface area contributed by atoms with E-state index >= 15 is 0 Å². The highest BCUT2D eigenvalue weighted by atomic mass is 19.1. The average Bonchev–Trinajstić information content (AvgIpc) is 2.38. The average molecular weight is 229 g/mol. The summed E-state index contributed by atoms with van der Waals surface area (Å²) in [4.78, 5) is 4.36. The Morgan fingerprint density at radius 1 is 1.06 bits per heavy atom. The topological polar surface area (TPSA) is 12.9 Å². The van der Waals surface area contributed by atoms with Gasteiger partial charge in [-0.05, 0) is 30.5 Å². The molecule has 0 saturated carbocycles. The van der Waals surface area contributed by atoms with Crippen LogP contribution in [0.15, 0.2) is 36.5 Å². The SMILES string of the molecule is CCc1cc(CC)c(-c2ccccc2F)cn1. The summed E-state index contributed by atoms with van der Waals surface area (Å²) in [5.41, 5.74) is 3.76. The van der Waals surface area contributed by atoms with E-state index in [1.165, 1.54) is 6.07 Å². The summed E-state index contributed by atoms with van der Waals surface area (Å²) in [6.45, 7) is 4.16. The fourth-order valence-electron chi connectivity index (χ4n) is 1.95. The van der Waals surface area contributed by atoms with E-state index in [4.69, 9.17) is 0 Å². The zero-order chi connectivity index (χ0) is 12.3. The van der Waals surface area contributed by atoms with Gasteiger partial charge in [0, 0.05) is 23.0 Å². The number of pyridine rings is 1. The van der Waals surface area contributed by atoms with E-state index in [1.807, 2.05) is 6.07 Å². The van der Waals surface area contributed by atoms with Crippen molar-refractivity contribution in [3.05, 3.63) is 53.6 Å². The summed E-state index contributed by atoms with van der Waals surface area (Å²) < 4.78 is 13.7. The maximum atomic E-state index is 13.7. The number of aromatic nitrogens is 1. The third-order valence-electron chi connectivity index (χ3n) is 2.95. The smallest absolute Gasteiger partial charge is 0.131 e. The van der Waals surface area contributed by atoms with Crippen LogP contribution in [0.1, 0.15) is 25.1 Å². The first-order valence-corrected chi connectivity index (χ1v) is 5.99. The Hall–Kier alpha value is -1.70. The lowest BCUT2D eigenvalue weighted by atomic mass is 9.99. The van der Waals surface area contributed by atoms with E-state index in [0.29, 0.717) is 5.56 Å². The van der Waals surface area contributed by atoms with E-state index < -0.39 is 0 Å². The molecule has 0 saturated heterocycles. The summed E-state index contributed by atoms with van der Waals surface area (Å²) in [6, 6.07) is 8.92. The van der Waals surface area contributed by atoms with E-state index in [-0.39, 0.29) is 5.82 Å². The van der Waals surface area contributed by atoms with Crippen LogP contribution in [-0.2, 0) is 12.8 Å². The van der Waals surface area contributed by atoms with Gasteiger partial charge in [0.25, 0.3) is 0 Å². The minimum absolute atomic E-state index is 0.187. The van der Waals surface area contributed by atoms with Gasteiger partial charge in [0.2, 0.25) is 0 Å². The summed E-state index contributed by atoms with van der Waals surface area (Å²) >= 11 is 0. The van der Waals surface area contributed by atoms with Gasteiger partial charge in [0.05, 0.1) is 0 Å². The predicted octanol–water partition coefficient (Wildman–Crippen LogP) is 4.01. The molecule has 0 fully saturated rings. The first-order valence-electron chi connectivity index (χ1n) is 5.99. The predicted molar refractivity (Wildman–Crippen MR) is 68.4 cm³/mol. The van der Waals surface area contributed by atoms with Gasteiger partial charge in [-0.2, -0.15) is 0 Å². The number of hydrogen-bond donors (Lipinski definition) is 0. The number of halogens is 1. The quantitative estimate of drug-likeness (QED) is 0.774. The molecule has 1 aromatic carbocycles. The molecule has 17 heavy (non-hydrogen) atoms. The van der Waals surface area contributed by atoms with Crippen molar-refractivity contribution in [2.75, 3.05) is 0 Å². The lowest BCUT2D eigenvalue weighted by Crippen LogP contribution is -1.95. The normalized spacial score (nSPS) is 10.5. The van der Waals surface area contributed by atoms with Crippen LogP contribution < -0.4 is 0 Å². The van der Waals surface area contributed by atoms with Crippen molar-refractivity contribution in [1.82, 2.24) is 4.98 Å². The van der Waals surface area contributed by atoms with Crippen LogP contribution >= 0.6 is 0 Å². The Labute approximate surface area is 101 Å². The third kappa shape index (κ3) is 2.36. The second-order valence-electron chi connectivity index (χ2n) is 4.02. The number of nitrogens with zero attached hydrogens (tertiary/aromatic N) is 1. The van der Waals surface area contributed by atoms with Crippen molar-refractivity contribution in [2.45, 2.75) is 26.7 Å². The zero-order valence-corrected chi connectivity index (χ0v) is 10.2. The Morgan fingerprint density at radius 2 is 1.82 bits per heavy atom. The minimum atomic E-state index is -0.187. The third-order valence-corrected chi connectivity index (χ3v) is 2.95. The van der Waals surface area contributed by atoms with Crippen molar-refractivity contribution in [2.24, 2.45) is 0 Å². The molecule has 0 aliphatic carbocycles. The highest BCUT2D eigenvalue weighted by Crippen LogP contribution is 2.26. The van der Waals surface area contributed by atoms with Gasteiger partial charge in [-0.25, -0.2) is 4.39 Å². The lowest BCUT2D eigenvalue weighted by Gasteiger charge is -2.10. The van der Waals surface area contributed by atoms with Gasteiger partial charge in [-0.1, -0.05) is 32.0 Å². The molecular formula is C15H16FN. The van der Waals surface area contributed by atoms with Crippen LogP contribution in [0.25, 0.3) is 11.1 Å². The number of aryl methyl sites for hydroxylation is 2. The first-order chi connectivity index (χ1) is 8.26. The van der Waals surface area contributed by atoms with E-state index in [0.717, 1.165) is 29.7 Å². The van der Waals surface area contributed by atoms with Crippen molar-refractivity contribution in [3.8, 4) is 11.1 Å². The Kier molecular flexibility index (Phi) is 3.52. The zero-order valence-electron chi connectivity index (χ0n) is 10.2. The standard InChI is InChI=1S/C15H16FN/c1-3-11-9-12(4-2)17-10-14(11)13-7-5-6-8-15(13)16/h5-10H,3-4H2,1-2H3. The molecule has 2 heteroatoms. The molecule has 88 valence electrons. The molecule has 0 atom stereocenters. The molecule has 1 nitrogen and oxygen atoms in total.